The van der Waals surface area contributed by atoms with E-state index in [2.05, 4.69) is 32.9 Å². The minimum Gasteiger partial charge on any atom is -0.489 e. The first-order valence-electron chi connectivity index (χ1n) is 12.1. The molecule has 2 aromatic carbocycles. The standard InChI is InChI=1S/C26H31FN4O2S/c1-17-21(15-28-30-17)18-7-8-23(24(14-18)34-12-11-31-9-2-3-10-31)29-26(32)20-13-19-5-4-6-22(27)25(19)33-16-20/h4-8,14,20-21,28H,2-3,9-13,15-16H2,1H3,(H,29,32). The van der Waals surface area contributed by atoms with E-state index < -0.39 is 0 Å². The van der Waals surface area contributed by atoms with Crippen LogP contribution in [0.4, 0.5) is 10.1 Å². The number of anilines is 1. The zero-order valence-electron chi connectivity index (χ0n) is 19.5. The average molecular weight is 483 g/mol. The molecule has 0 aromatic heterocycles. The highest BCUT2D eigenvalue weighted by atomic mass is 32.2. The summed E-state index contributed by atoms with van der Waals surface area (Å²) >= 11 is 1.79. The molecule has 5 rings (SSSR count). The molecule has 2 unspecified atom stereocenters. The van der Waals surface area contributed by atoms with Gasteiger partial charge in [0.05, 0.1) is 11.6 Å². The Kier molecular flexibility index (Phi) is 7.06. The van der Waals surface area contributed by atoms with Crippen LogP contribution >= 0.6 is 11.8 Å². The highest BCUT2D eigenvalue weighted by molar-refractivity contribution is 7.99. The zero-order chi connectivity index (χ0) is 23.5. The number of amides is 1. The molecule has 1 saturated heterocycles. The van der Waals surface area contributed by atoms with E-state index in [-0.39, 0.29) is 35.9 Å². The van der Waals surface area contributed by atoms with Gasteiger partial charge in [0, 0.05) is 35.4 Å². The molecule has 2 atom stereocenters. The van der Waals surface area contributed by atoms with Crippen molar-refractivity contribution in [2.24, 2.45) is 11.0 Å². The predicted octanol–water partition coefficient (Wildman–Crippen LogP) is 4.27. The number of nitrogens with one attached hydrogen (secondary N) is 2. The molecule has 2 N–H and O–H groups in total. The fraction of sp³-hybridized carbons (Fsp3) is 0.462. The molecule has 180 valence electrons. The summed E-state index contributed by atoms with van der Waals surface area (Å²) in [6.45, 7) is 6.43. The van der Waals surface area contributed by atoms with Crippen LogP contribution in [0.15, 0.2) is 46.4 Å². The fourth-order valence-electron chi connectivity index (χ4n) is 4.90. The van der Waals surface area contributed by atoms with Gasteiger partial charge in [-0.15, -0.1) is 11.8 Å². The summed E-state index contributed by atoms with van der Waals surface area (Å²) in [4.78, 5) is 16.7. The Labute approximate surface area is 204 Å². The highest BCUT2D eigenvalue weighted by Crippen LogP contribution is 2.34. The quantitative estimate of drug-likeness (QED) is 0.577. The predicted molar refractivity (Wildman–Crippen MR) is 134 cm³/mol. The van der Waals surface area contributed by atoms with Crippen molar-refractivity contribution < 1.29 is 13.9 Å². The molecule has 2 aromatic rings. The van der Waals surface area contributed by atoms with Crippen LogP contribution in [0.3, 0.4) is 0 Å². The molecule has 1 fully saturated rings. The average Bonchev–Trinajstić information content (AvgIpc) is 3.52. The van der Waals surface area contributed by atoms with Crippen LogP contribution in [-0.4, -0.2) is 55.1 Å². The van der Waals surface area contributed by atoms with Gasteiger partial charge in [-0.25, -0.2) is 4.39 Å². The first-order valence-corrected chi connectivity index (χ1v) is 13.0. The van der Waals surface area contributed by atoms with Crippen molar-refractivity contribution in [3.63, 3.8) is 0 Å². The van der Waals surface area contributed by atoms with Crippen LogP contribution in [-0.2, 0) is 11.2 Å². The number of para-hydroxylation sites is 1. The monoisotopic (exact) mass is 482 g/mol. The molecule has 0 saturated carbocycles. The second-order valence-electron chi connectivity index (χ2n) is 9.25. The summed E-state index contributed by atoms with van der Waals surface area (Å²) in [5.74, 6) is 0.678. The molecule has 3 heterocycles. The van der Waals surface area contributed by atoms with Gasteiger partial charge in [0.1, 0.15) is 6.61 Å². The molecule has 6 nitrogen and oxygen atoms in total. The smallest absolute Gasteiger partial charge is 0.231 e. The first kappa shape index (κ1) is 23.2. The summed E-state index contributed by atoms with van der Waals surface area (Å²) < 4.78 is 19.6. The van der Waals surface area contributed by atoms with Gasteiger partial charge in [0.2, 0.25) is 5.91 Å². The highest BCUT2D eigenvalue weighted by Gasteiger charge is 2.28. The van der Waals surface area contributed by atoms with Crippen LogP contribution in [0, 0.1) is 11.7 Å². The zero-order valence-corrected chi connectivity index (χ0v) is 20.3. The number of benzene rings is 2. The Morgan fingerprint density at radius 2 is 2.15 bits per heavy atom. The minimum atomic E-state index is -0.371. The fourth-order valence-corrected chi connectivity index (χ4v) is 5.97. The Morgan fingerprint density at radius 1 is 1.29 bits per heavy atom. The third-order valence-electron chi connectivity index (χ3n) is 6.90. The second-order valence-corrected chi connectivity index (χ2v) is 10.4. The number of thioether (sulfide) groups is 1. The van der Waals surface area contributed by atoms with Crippen LogP contribution in [0.2, 0.25) is 0 Å². The van der Waals surface area contributed by atoms with Crippen molar-refractivity contribution in [2.45, 2.75) is 37.0 Å². The molecule has 0 aliphatic carbocycles. The van der Waals surface area contributed by atoms with Crippen molar-refractivity contribution in [2.75, 3.05) is 43.9 Å². The van der Waals surface area contributed by atoms with Crippen molar-refractivity contribution in [1.29, 1.82) is 0 Å². The third kappa shape index (κ3) is 5.08. The van der Waals surface area contributed by atoms with E-state index in [1.807, 2.05) is 19.1 Å². The normalized spacial score (nSPS) is 22.0. The number of rotatable bonds is 7. The minimum absolute atomic E-state index is 0.0932. The number of hydrogen-bond donors (Lipinski definition) is 2. The maximum absolute atomic E-state index is 14.0. The summed E-state index contributed by atoms with van der Waals surface area (Å²) in [6.07, 6.45) is 3.04. The van der Waals surface area contributed by atoms with Crippen LogP contribution in [0.5, 0.6) is 5.75 Å². The van der Waals surface area contributed by atoms with E-state index in [1.54, 1.807) is 17.8 Å². The number of halogens is 1. The van der Waals surface area contributed by atoms with Crippen LogP contribution in [0.25, 0.3) is 0 Å². The maximum atomic E-state index is 14.0. The van der Waals surface area contributed by atoms with E-state index in [4.69, 9.17) is 4.74 Å². The van der Waals surface area contributed by atoms with Crippen LogP contribution < -0.4 is 15.5 Å². The summed E-state index contributed by atoms with van der Waals surface area (Å²) in [6, 6.07) is 11.2. The van der Waals surface area contributed by atoms with Crippen molar-refractivity contribution in [3.8, 4) is 5.75 Å². The summed E-state index contributed by atoms with van der Waals surface area (Å²) in [5, 5.41) is 7.48. The van der Waals surface area contributed by atoms with E-state index in [1.165, 1.54) is 37.6 Å². The number of carbonyl (C=O) groups excluding carboxylic acids is 1. The lowest BCUT2D eigenvalue weighted by atomic mass is 9.94. The van der Waals surface area contributed by atoms with Crippen molar-refractivity contribution in [1.82, 2.24) is 10.3 Å². The molecule has 0 bridgehead atoms. The van der Waals surface area contributed by atoms with E-state index in [0.717, 1.165) is 40.7 Å². The summed E-state index contributed by atoms with van der Waals surface area (Å²) in [7, 11) is 0. The maximum Gasteiger partial charge on any atom is 0.231 e. The number of ether oxygens (including phenoxy) is 1. The molecular formula is C26H31FN4O2S. The number of likely N-dealkylation sites (tertiary alicyclic amines) is 1. The lowest BCUT2D eigenvalue weighted by Gasteiger charge is -2.25. The number of fused-ring (bicyclic) bond motifs is 1. The number of carbonyl (C=O) groups is 1. The lowest BCUT2D eigenvalue weighted by Crippen LogP contribution is -2.33. The van der Waals surface area contributed by atoms with Crippen LogP contribution in [0.1, 0.15) is 36.8 Å². The van der Waals surface area contributed by atoms with Gasteiger partial charge < -0.3 is 20.4 Å². The molecule has 3 aliphatic heterocycles. The van der Waals surface area contributed by atoms with Gasteiger partial charge in [-0.3, -0.25) is 4.79 Å². The van der Waals surface area contributed by atoms with Gasteiger partial charge in [-0.2, -0.15) is 5.10 Å². The SMILES string of the molecule is CC1=NNCC1c1ccc(NC(=O)C2COc3c(F)cccc3C2)c(SCCN2CCCC2)c1. The molecule has 8 heteroatoms. The largest absolute Gasteiger partial charge is 0.489 e. The number of nitrogens with zero attached hydrogens (tertiary/aromatic N) is 2. The van der Waals surface area contributed by atoms with Gasteiger partial charge in [0.25, 0.3) is 0 Å². The second kappa shape index (κ2) is 10.4. The Morgan fingerprint density at radius 3 is 2.94 bits per heavy atom. The first-order chi connectivity index (χ1) is 16.6. The van der Waals surface area contributed by atoms with Crippen molar-refractivity contribution in [3.05, 3.63) is 53.3 Å². The van der Waals surface area contributed by atoms with Gasteiger partial charge in [-0.1, -0.05) is 18.2 Å². The Balaban J connectivity index is 1.31. The number of hydrazone groups is 1. The van der Waals surface area contributed by atoms with Crippen molar-refractivity contribution >= 4 is 29.1 Å². The van der Waals surface area contributed by atoms with E-state index >= 15 is 0 Å². The lowest BCUT2D eigenvalue weighted by molar-refractivity contribution is -0.121. The molecule has 3 aliphatic rings. The van der Waals surface area contributed by atoms with Gasteiger partial charge >= 0.3 is 0 Å². The van der Waals surface area contributed by atoms with Gasteiger partial charge in [0.15, 0.2) is 11.6 Å². The molecule has 0 spiro atoms. The molecule has 34 heavy (non-hydrogen) atoms. The third-order valence-corrected chi connectivity index (χ3v) is 7.93. The summed E-state index contributed by atoms with van der Waals surface area (Å²) in [5.41, 5.74) is 6.94. The molecule has 1 amide bonds. The molecule has 0 radical (unpaired) electrons. The Bertz CT molecular complexity index is 1090. The number of hydrogen-bond acceptors (Lipinski definition) is 6. The van der Waals surface area contributed by atoms with Gasteiger partial charge in [-0.05, 0) is 68.6 Å². The van der Waals surface area contributed by atoms with E-state index in [9.17, 15) is 9.18 Å². The Hall–Kier alpha value is -2.58. The van der Waals surface area contributed by atoms with E-state index in [0.29, 0.717) is 6.42 Å². The topological polar surface area (TPSA) is 66.0 Å². The molecular weight excluding hydrogens is 451 g/mol.